The molecule has 0 bridgehead atoms. The third-order valence-electron chi connectivity index (χ3n) is 4.37. The molecule has 1 atom stereocenters. The maximum absolute atomic E-state index is 12.2. The molecule has 6 heteroatoms. The molecule has 2 aromatic rings. The summed E-state index contributed by atoms with van der Waals surface area (Å²) < 4.78 is 1.80. The van der Waals surface area contributed by atoms with E-state index < -0.39 is 0 Å². The van der Waals surface area contributed by atoms with Crippen LogP contribution < -0.4 is 5.32 Å². The molecule has 0 aliphatic carbocycles. The number of nitrogens with zero attached hydrogens (tertiary/aromatic N) is 3. The Bertz CT molecular complexity index is 711. The number of carbonyl (C=O) groups excluding carboxylic acids is 2. The lowest BCUT2D eigenvalue weighted by atomic mass is 10.1. The highest BCUT2D eigenvalue weighted by molar-refractivity contribution is 5.90. The molecule has 3 rings (SSSR count). The van der Waals surface area contributed by atoms with Gasteiger partial charge in [0, 0.05) is 32.0 Å². The first kappa shape index (κ1) is 16.2. The van der Waals surface area contributed by atoms with Crippen LogP contribution in [0.5, 0.6) is 0 Å². The second-order valence-electron chi connectivity index (χ2n) is 6.03. The molecular formula is C18H22N4O2. The molecule has 2 amide bonds. The number of benzene rings is 1. The molecule has 1 unspecified atom stereocenters. The first-order valence-corrected chi connectivity index (χ1v) is 8.31. The van der Waals surface area contributed by atoms with Crippen molar-refractivity contribution in [1.29, 1.82) is 0 Å². The molecule has 24 heavy (non-hydrogen) atoms. The van der Waals surface area contributed by atoms with Gasteiger partial charge < -0.3 is 10.2 Å². The van der Waals surface area contributed by atoms with Gasteiger partial charge in [-0.15, -0.1) is 0 Å². The SMILES string of the molecule is CC(c1ccccc1)n1nccc1NC(=O)CCN1CCCC1=O. The Labute approximate surface area is 141 Å². The number of likely N-dealkylation sites (tertiary alicyclic amines) is 1. The molecule has 1 aromatic carbocycles. The van der Waals surface area contributed by atoms with Crippen molar-refractivity contribution < 1.29 is 9.59 Å². The van der Waals surface area contributed by atoms with Crippen molar-refractivity contribution in [3.8, 4) is 0 Å². The molecule has 1 aromatic heterocycles. The third kappa shape index (κ3) is 3.64. The van der Waals surface area contributed by atoms with Crippen LogP contribution in [0.25, 0.3) is 0 Å². The van der Waals surface area contributed by atoms with Crippen LogP contribution in [0, 0.1) is 0 Å². The highest BCUT2D eigenvalue weighted by Crippen LogP contribution is 2.21. The molecule has 6 nitrogen and oxygen atoms in total. The Kier molecular flexibility index (Phi) is 4.93. The summed E-state index contributed by atoms with van der Waals surface area (Å²) in [6, 6.07) is 11.8. The van der Waals surface area contributed by atoms with Crippen LogP contribution >= 0.6 is 0 Å². The largest absolute Gasteiger partial charge is 0.342 e. The molecule has 1 N–H and O–H groups in total. The van der Waals surface area contributed by atoms with E-state index in [9.17, 15) is 9.59 Å². The van der Waals surface area contributed by atoms with Crippen molar-refractivity contribution in [1.82, 2.24) is 14.7 Å². The van der Waals surface area contributed by atoms with E-state index in [0.29, 0.717) is 25.2 Å². The lowest BCUT2D eigenvalue weighted by Gasteiger charge is -2.18. The second-order valence-corrected chi connectivity index (χ2v) is 6.03. The Morgan fingerprint density at radius 1 is 1.29 bits per heavy atom. The van der Waals surface area contributed by atoms with Crippen molar-refractivity contribution >= 4 is 17.6 Å². The summed E-state index contributed by atoms with van der Waals surface area (Å²) >= 11 is 0. The van der Waals surface area contributed by atoms with Crippen molar-refractivity contribution in [3.63, 3.8) is 0 Å². The monoisotopic (exact) mass is 326 g/mol. The van der Waals surface area contributed by atoms with E-state index in [1.165, 1.54) is 0 Å². The van der Waals surface area contributed by atoms with Gasteiger partial charge in [0.2, 0.25) is 11.8 Å². The van der Waals surface area contributed by atoms with Crippen molar-refractivity contribution in [3.05, 3.63) is 48.2 Å². The standard InChI is InChI=1S/C18H22N4O2/c1-14(15-6-3-2-4-7-15)22-16(9-11-19-22)20-17(23)10-13-21-12-5-8-18(21)24/h2-4,6-7,9,11,14H,5,8,10,12-13H2,1H3,(H,20,23). The molecule has 1 aliphatic rings. The molecule has 1 fully saturated rings. The first-order chi connectivity index (χ1) is 11.6. The number of carbonyl (C=O) groups is 2. The zero-order chi connectivity index (χ0) is 16.9. The topological polar surface area (TPSA) is 67.2 Å². The summed E-state index contributed by atoms with van der Waals surface area (Å²) in [6.07, 6.45) is 3.47. The van der Waals surface area contributed by atoms with Crippen molar-refractivity contribution in [2.45, 2.75) is 32.2 Å². The van der Waals surface area contributed by atoms with Crippen LogP contribution in [0.1, 0.15) is 37.8 Å². The van der Waals surface area contributed by atoms with Gasteiger partial charge in [-0.1, -0.05) is 30.3 Å². The van der Waals surface area contributed by atoms with Crippen LogP contribution in [0.15, 0.2) is 42.6 Å². The minimum Gasteiger partial charge on any atom is -0.342 e. The lowest BCUT2D eigenvalue weighted by molar-refractivity contribution is -0.128. The van der Waals surface area contributed by atoms with Crippen LogP contribution in [-0.4, -0.2) is 39.6 Å². The number of anilines is 1. The van der Waals surface area contributed by atoms with Gasteiger partial charge in [0.15, 0.2) is 0 Å². The fourth-order valence-electron chi connectivity index (χ4n) is 2.98. The van der Waals surface area contributed by atoms with E-state index in [-0.39, 0.29) is 17.9 Å². The van der Waals surface area contributed by atoms with E-state index in [1.54, 1.807) is 21.8 Å². The minimum atomic E-state index is -0.100. The first-order valence-electron chi connectivity index (χ1n) is 8.31. The smallest absolute Gasteiger partial charge is 0.227 e. The van der Waals surface area contributed by atoms with Gasteiger partial charge in [-0.2, -0.15) is 5.10 Å². The van der Waals surface area contributed by atoms with Gasteiger partial charge >= 0.3 is 0 Å². The molecule has 0 spiro atoms. The predicted octanol–water partition coefficient (Wildman–Crippen LogP) is 2.44. The number of hydrogen-bond donors (Lipinski definition) is 1. The Balaban J connectivity index is 1.61. The van der Waals surface area contributed by atoms with Gasteiger partial charge in [-0.3, -0.25) is 9.59 Å². The fraction of sp³-hybridized carbons (Fsp3) is 0.389. The molecular weight excluding hydrogens is 304 g/mol. The Hall–Kier alpha value is -2.63. The van der Waals surface area contributed by atoms with Crippen LogP contribution in [0.3, 0.4) is 0 Å². The minimum absolute atomic E-state index is 0.0247. The van der Waals surface area contributed by atoms with Crippen molar-refractivity contribution in [2.24, 2.45) is 0 Å². The predicted molar refractivity (Wildman–Crippen MR) is 91.5 cm³/mol. The molecule has 0 radical (unpaired) electrons. The molecule has 0 saturated carbocycles. The van der Waals surface area contributed by atoms with Gasteiger partial charge in [0.1, 0.15) is 5.82 Å². The number of aromatic nitrogens is 2. The number of hydrogen-bond acceptors (Lipinski definition) is 3. The number of amides is 2. The van der Waals surface area contributed by atoms with Gasteiger partial charge in [0.25, 0.3) is 0 Å². The molecule has 1 aliphatic heterocycles. The normalized spacial score (nSPS) is 15.5. The van der Waals surface area contributed by atoms with E-state index >= 15 is 0 Å². The maximum Gasteiger partial charge on any atom is 0.227 e. The summed E-state index contributed by atoms with van der Waals surface area (Å²) in [6.45, 7) is 3.28. The van der Waals surface area contributed by atoms with E-state index in [0.717, 1.165) is 18.5 Å². The van der Waals surface area contributed by atoms with Crippen LogP contribution in [0.2, 0.25) is 0 Å². The summed E-state index contributed by atoms with van der Waals surface area (Å²) in [5.41, 5.74) is 1.12. The summed E-state index contributed by atoms with van der Waals surface area (Å²) in [7, 11) is 0. The molecule has 1 saturated heterocycles. The number of rotatable bonds is 6. The summed E-state index contributed by atoms with van der Waals surface area (Å²) in [5.74, 6) is 0.714. The average molecular weight is 326 g/mol. The summed E-state index contributed by atoms with van der Waals surface area (Å²) in [5, 5.41) is 7.24. The third-order valence-corrected chi connectivity index (χ3v) is 4.37. The Morgan fingerprint density at radius 3 is 2.79 bits per heavy atom. The van der Waals surface area contributed by atoms with Crippen molar-refractivity contribution in [2.75, 3.05) is 18.4 Å². The molecule has 2 heterocycles. The zero-order valence-corrected chi connectivity index (χ0v) is 13.8. The molecule has 126 valence electrons. The van der Waals surface area contributed by atoms with Crippen LogP contribution in [-0.2, 0) is 9.59 Å². The lowest BCUT2D eigenvalue weighted by Crippen LogP contribution is -2.29. The second kappa shape index (κ2) is 7.29. The number of nitrogens with one attached hydrogen (secondary N) is 1. The highest BCUT2D eigenvalue weighted by Gasteiger charge is 2.21. The van der Waals surface area contributed by atoms with Gasteiger partial charge in [0.05, 0.1) is 12.2 Å². The van der Waals surface area contributed by atoms with E-state index in [4.69, 9.17) is 0 Å². The maximum atomic E-state index is 12.2. The zero-order valence-electron chi connectivity index (χ0n) is 13.8. The van der Waals surface area contributed by atoms with Gasteiger partial charge in [-0.25, -0.2) is 4.68 Å². The van der Waals surface area contributed by atoms with Gasteiger partial charge in [-0.05, 0) is 18.9 Å². The van der Waals surface area contributed by atoms with E-state index in [2.05, 4.69) is 10.4 Å². The van der Waals surface area contributed by atoms with E-state index in [1.807, 2.05) is 37.3 Å². The highest BCUT2D eigenvalue weighted by atomic mass is 16.2. The summed E-state index contributed by atoms with van der Waals surface area (Å²) in [4.78, 5) is 25.5. The Morgan fingerprint density at radius 2 is 2.08 bits per heavy atom. The van der Waals surface area contributed by atoms with Crippen LogP contribution in [0.4, 0.5) is 5.82 Å². The average Bonchev–Trinajstić information content (AvgIpc) is 3.22. The quantitative estimate of drug-likeness (QED) is 0.886. The fourth-order valence-corrected chi connectivity index (χ4v) is 2.98.